The molecule has 0 aromatic rings. The van der Waals surface area contributed by atoms with Gasteiger partial charge in [0, 0.05) is 32.7 Å². The number of hydrogen-bond acceptors (Lipinski definition) is 2. The number of nitrogens with zero attached hydrogens (tertiary/aromatic N) is 1. The fourth-order valence-corrected chi connectivity index (χ4v) is 3.40. The van der Waals surface area contributed by atoms with Crippen LogP contribution >= 0.6 is 0 Å². The van der Waals surface area contributed by atoms with Crippen LogP contribution in [0.15, 0.2) is 4.99 Å². The van der Waals surface area contributed by atoms with Gasteiger partial charge in [-0.05, 0) is 37.0 Å². The molecular weight excluding hydrogens is 262 g/mol. The second-order valence-electron chi connectivity index (χ2n) is 7.69. The highest BCUT2D eigenvalue weighted by Crippen LogP contribution is 2.33. The largest absolute Gasteiger partial charge is 0.377 e. The Balaban J connectivity index is 1.78. The summed E-state index contributed by atoms with van der Waals surface area (Å²) in [7, 11) is 1.86. The van der Waals surface area contributed by atoms with Crippen molar-refractivity contribution in [2.45, 2.75) is 59.0 Å². The molecule has 1 saturated carbocycles. The molecule has 122 valence electrons. The molecule has 2 aliphatic rings. The highest BCUT2D eigenvalue weighted by molar-refractivity contribution is 5.79. The van der Waals surface area contributed by atoms with Gasteiger partial charge in [0.1, 0.15) is 0 Å². The van der Waals surface area contributed by atoms with Crippen LogP contribution in [0.25, 0.3) is 0 Å². The third kappa shape index (κ3) is 4.87. The molecule has 1 aliphatic heterocycles. The molecule has 2 N–H and O–H groups in total. The van der Waals surface area contributed by atoms with Gasteiger partial charge < -0.3 is 15.4 Å². The monoisotopic (exact) mass is 295 g/mol. The van der Waals surface area contributed by atoms with E-state index in [0.29, 0.717) is 12.0 Å². The number of hydrogen-bond donors (Lipinski definition) is 2. The maximum Gasteiger partial charge on any atom is 0.190 e. The van der Waals surface area contributed by atoms with E-state index in [-0.39, 0.29) is 5.41 Å². The van der Waals surface area contributed by atoms with E-state index in [1.807, 2.05) is 7.05 Å². The highest BCUT2D eigenvalue weighted by atomic mass is 16.5. The lowest BCUT2D eigenvalue weighted by Gasteiger charge is -2.40. The standard InChI is InChI=1S/C17H33N3O/c1-17(2,3)15-14(9-6-10-21-15)12-20-16(18-4)19-11-13-7-5-8-13/h13-15H,5-12H2,1-4H3,(H2,18,19,20). The van der Waals surface area contributed by atoms with E-state index in [0.717, 1.165) is 31.6 Å². The Morgan fingerprint density at radius 3 is 2.38 bits per heavy atom. The quantitative estimate of drug-likeness (QED) is 0.619. The maximum atomic E-state index is 6.05. The van der Waals surface area contributed by atoms with E-state index >= 15 is 0 Å². The first kappa shape index (κ1) is 16.6. The third-order valence-corrected chi connectivity index (χ3v) is 4.84. The number of ether oxygens (including phenoxy) is 1. The second-order valence-corrected chi connectivity index (χ2v) is 7.69. The molecular formula is C17H33N3O. The van der Waals surface area contributed by atoms with E-state index in [1.165, 1.54) is 32.1 Å². The zero-order valence-electron chi connectivity index (χ0n) is 14.2. The summed E-state index contributed by atoms with van der Waals surface area (Å²) < 4.78 is 6.05. The molecule has 0 bridgehead atoms. The van der Waals surface area contributed by atoms with Crippen molar-refractivity contribution < 1.29 is 4.74 Å². The van der Waals surface area contributed by atoms with E-state index in [1.54, 1.807) is 0 Å². The highest BCUT2D eigenvalue weighted by Gasteiger charge is 2.35. The van der Waals surface area contributed by atoms with Crippen molar-refractivity contribution in [3.8, 4) is 0 Å². The molecule has 1 heterocycles. The third-order valence-electron chi connectivity index (χ3n) is 4.84. The average Bonchev–Trinajstić information content (AvgIpc) is 2.40. The lowest BCUT2D eigenvalue weighted by molar-refractivity contribution is -0.0835. The van der Waals surface area contributed by atoms with E-state index in [2.05, 4.69) is 36.4 Å². The number of rotatable bonds is 4. The molecule has 1 aliphatic carbocycles. The molecule has 2 rings (SSSR count). The lowest BCUT2D eigenvalue weighted by atomic mass is 9.78. The Morgan fingerprint density at radius 1 is 1.10 bits per heavy atom. The summed E-state index contributed by atoms with van der Waals surface area (Å²) >= 11 is 0. The fourth-order valence-electron chi connectivity index (χ4n) is 3.40. The van der Waals surface area contributed by atoms with Gasteiger partial charge in [-0.1, -0.05) is 27.2 Å². The zero-order valence-corrected chi connectivity index (χ0v) is 14.2. The van der Waals surface area contributed by atoms with Crippen LogP contribution in [-0.2, 0) is 4.74 Å². The van der Waals surface area contributed by atoms with Gasteiger partial charge in [0.15, 0.2) is 5.96 Å². The van der Waals surface area contributed by atoms with Crippen molar-refractivity contribution in [1.29, 1.82) is 0 Å². The van der Waals surface area contributed by atoms with Crippen molar-refractivity contribution in [2.24, 2.45) is 22.2 Å². The first-order chi connectivity index (χ1) is 10.0. The lowest BCUT2D eigenvalue weighted by Crippen LogP contribution is -2.48. The van der Waals surface area contributed by atoms with Gasteiger partial charge in [0.05, 0.1) is 6.10 Å². The van der Waals surface area contributed by atoms with Gasteiger partial charge in [0.2, 0.25) is 0 Å². The number of aliphatic imine (C=N–C) groups is 1. The maximum absolute atomic E-state index is 6.05. The molecule has 0 amide bonds. The number of guanidine groups is 1. The average molecular weight is 295 g/mol. The summed E-state index contributed by atoms with van der Waals surface area (Å²) in [6, 6.07) is 0. The molecule has 0 aromatic carbocycles. The van der Waals surface area contributed by atoms with Gasteiger partial charge in [-0.2, -0.15) is 0 Å². The molecule has 0 spiro atoms. The van der Waals surface area contributed by atoms with Gasteiger partial charge in [-0.3, -0.25) is 4.99 Å². The molecule has 1 saturated heterocycles. The number of nitrogens with one attached hydrogen (secondary N) is 2. The molecule has 2 unspecified atom stereocenters. The van der Waals surface area contributed by atoms with Crippen molar-refractivity contribution in [2.75, 3.05) is 26.7 Å². The summed E-state index contributed by atoms with van der Waals surface area (Å²) in [4.78, 5) is 4.34. The van der Waals surface area contributed by atoms with Crippen LogP contribution in [0.2, 0.25) is 0 Å². The van der Waals surface area contributed by atoms with Crippen molar-refractivity contribution in [3.63, 3.8) is 0 Å². The van der Waals surface area contributed by atoms with Crippen LogP contribution in [0.3, 0.4) is 0 Å². The summed E-state index contributed by atoms with van der Waals surface area (Å²) in [5.74, 6) is 2.37. The van der Waals surface area contributed by atoms with Crippen LogP contribution in [0.5, 0.6) is 0 Å². The fraction of sp³-hybridized carbons (Fsp3) is 0.941. The topological polar surface area (TPSA) is 45.7 Å². The summed E-state index contributed by atoms with van der Waals surface area (Å²) in [6.07, 6.45) is 6.88. The normalized spacial score (nSPS) is 28.1. The van der Waals surface area contributed by atoms with Crippen LogP contribution in [0, 0.1) is 17.3 Å². The van der Waals surface area contributed by atoms with Gasteiger partial charge >= 0.3 is 0 Å². The summed E-state index contributed by atoms with van der Waals surface area (Å²) in [5, 5.41) is 6.97. The Labute approximate surface area is 130 Å². The van der Waals surface area contributed by atoms with E-state index < -0.39 is 0 Å². The van der Waals surface area contributed by atoms with Crippen molar-refractivity contribution >= 4 is 5.96 Å². The minimum atomic E-state index is 0.204. The minimum Gasteiger partial charge on any atom is -0.377 e. The van der Waals surface area contributed by atoms with Gasteiger partial charge in [0.25, 0.3) is 0 Å². The Bertz CT molecular complexity index is 344. The molecule has 21 heavy (non-hydrogen) atoms. The van der Waals surface area contributed by atoms with Crippen LogP contribution < -0.4 is 10.6 Å². The molecule has 2 fully saturated rings. The van der Waals surface area contributed by atoms with E-state index in [4.69, 9.17) is 4.74 Å². The molecule has 0 aromatic heterocycles. The van der Waals surface area contributed by atoms with Gasteiger partial charge in [-0.15, -0.1) is 0 Å². The molecule has 4 heteroatoms. The predicted octanol–water partition coefficient (Wildman–Crippen LogP) is 2.79. The zero-order chi connectivity index (χ0) is 15.3. The van der Waals surface area contributed by atoms with Crippen LogP contribution in [0.4, 0.5) is 0 Å². The van der Waals surface area contributed by atoms with Crippen LogP contribution in [0.1, 0.15) is 52.9 Å². The molecule has 2 atom stereocenters. The van der Waals surface area contributed by atoms with E-state index in [9.17, 15) is 0 Å². The first-order valence-corrected chi connectivity index (χ1v) is 8.57. The Hall–Kier alpha value is -0.770. The van der Waals surface area contributed by atoms with Gasteiger partial charge in [-0.25, -0.2) is 0 Å². The van der Waals surface area contributed by atoms with Crippen molar-refractivity contribution in [3.05, 3.63) is 0 Å². The minimum absolute atomic E-state index is 0.204. The Kier molecular flexibility index (Phi) is 5.91. The van der Waals surface area contributed by atoms with Crippen LogP contribution in [-0.4, -0.2) is 38.8 Å². The molecule has 0 radical (unpaired) electrons. The predicted molar refractivity (Wildman–Crippen MR) is 88.6 cm³/mol. The molecule has 4 nitrogen and oxygen atoms in total. The van der Waals surface area contributed by atoms with Crippen molar-refractivity contribution in [1.82, 2.24) is 10.6 Å². The smallest absolute Gasteiger partial charge is 0.190 e. The SMILES string of the molecule is CN=C(NCC1CCC1)NCC1CCCOC1C(C)(C)C. The second kappa shape index (κ2) is 7.48. The summed E-state index contributed by atoms with van der Waals surface area (Å²) in [5.41, 5.74) is 0.204. The Morgan fingerprint density at radius 2 is 1.81 bits per heavy atom. The summed E-state index contributed by atoms with van der Waals surface area (Å²) in [6.45, 7) is 9.75. The first-order valence-electron chi connectivity index (χ1n) is 8.57.